The molecule has 0 spiro atoms. The van der Waals surface area contributed by atoms with Gasteiger partial charge in [-0.1, -0.05) is 5.16 Å². The second-order valence-corrected chi connectivity index (χ2v) is 3.69. The Hall–Kier alpha value is -2.57. The van der Waals surface area contributed by atoms with Crippen molar-refractivity contribution in [3.05, 3.63) is 41.5 Å². The van der Waals surface area contributed by atoms with Crippen LogP contribution in [0.1, 0.15) is 11.3 Å². The summed E-state index contributed by atoms with van der Waals surface area (Å²) in [5.41, 5.74) is 6.53. The lowest BCUT2D eigenvalue weighted by Crippen LogP contribution is -2.13. The van der Waals surface area contributed by atoms with Gasteiger partial charge in [0.05, 0.1) is 11.3 Å². The molecule has 7 heteroatoms. The Bertz CT molecular complexity index is 622. The fourth-order valence-corrected chi connectivity index (χ4v) is 1.57. The fraction of sp³-hybridized carbons (Fsp3) is 0.0909. The second kappa shape index (κ2) is 4.36. The van der Waals surface area contributed by atoms with Crippen molar-refractivity contribution in [3.8, 4) is 11.4 Å². The number of amidine groups is 1. The summed E-state index contributed by atoms with van der Waals surface area (Å²) in [7, 11) is 0. The van der Waals surface area contributed by atoms with Gasteiger partial charge in [0.25, 0.3) is 0 Å². The molecule has 1 aromatic carbocycles. The molecule has 0 saturated carbocycles. The summed E-state index contributed by atoms with van der Waals surface area (Å²) >= 11 is 0. The molecule has 0 aliphatic rings. The van der Waals surface area contributed by atoms with Crippen LogP contribution < -0.4 is 5.73 Å². The van der Waals surface area contributed by atoms with Gasteiger partial charge in [0.2, 0.25) is 0 Å². The second-order valence-electron chi connectivity index (χ2n) is 3.69. The molecule has 0 radical (unpaired) electrons. The number of hydrogen-bond donors (Lipinski definition) is 3. The van der Waals surface area contributed by atoms with Crippen LogP contribution in [0.2, 0.25) is 0 Å². The largest absolute Gasteiger partial charge is 0.508 e. The van der Waals surface area contributed by atoms with Crippen LogP contribution in [0.3, 0.4) is 0 Å². The van der Waals surface area contributed by atoms with Gasteiger partial charge in [-0.25, -0.2) is 9.07 Å². The maximum Gasteiger partial charge on any atom is 0.173 e. The first kappa shape index (κ1) is 11.9. The summed E-state index contributed by atoms with van der Waals surface area (Å²) in [6.45, 7) is 1.65. The van der Waals surface area contributed by atoms with E-state index in [0.29, 0.717) is 11.3 Å². The molecule has 0 fully saturated rings. The van der Waals surface area contributed by atoms with Gasteiger partial charge in [-0.3, -0.25) is 0 Å². The van der Waals surface area contributed by atoms with Gasteiger partial charge in [-0.2, -0.15) is 5.10 Å². The number of nitrogens with zero attached hydrogens (tertiary/aromatic N) is 3. The van der Waals surface area contributed by atoms with E-state index in [-0.39, 0.29) is 17.3 Å². The zero-order valence-corrected chi connectivity index (χ0v) is 9.50. The first-order valence-corrected chi connectivity index (χ1v) is 5.06. The van der Waals surface area contributed by atoms with Crippen molar-refractivity contribution in [1.29, 1.82) is 0 Å². The topological polar surface area (TPSA) is 96.7 Å². The summed E-state index contributed by atoms with van der Waals surface area (Å²) in [5, 5.41) is 24.7. The van der Waals surface area contributed by atoms with Gasteiger partial charge in [0, 0.05) is 12.3 Å². The predicted molar refractivity (Wildman–Crippen MR) is 62.4 cm³/mol. The molecule has 4 N–H and O–H groups in total. The van der Waals surface area contributed by atoms with Gasteiger partial charge in [-0.15, -0.1) is 0 Å². The molecule has 18 heavy (non-hydrogen) atoms. The fourth-order valence-electron chi connectivity index (χ4n) is 1.57. The molecule has 0 amide bonds. The number of halogens is 1. The molecule has 94 valence electrons. The molecule has 2 rings (SSSR count). The van der Waals surface area contributed by atoms with Crippen LogP contribution in [0.15, 0.2) is 29.6 Å². The van der Waals surface area contributed by atoms with Crippen molar-refractivity contribution in [2.45, 2.75) is 6.92 Å². The average Bonchev–Trinajstić information content (AvgIpc) is 2.70. The van der Waals surface area contributed by atoms with Gasteiger partial charge < -0.3 is 16.0 Å². The van der Waals surface area contributed by atoms with E-state index in [9.17, 15) is 4.39 Å². The Kier molecular flexibility index (Phi) is 2.88. The van der Waals surface area contributed by atoms with Crippen molar-refractivity contribution in [2.24, 2.45) is 10.9 Å². The van der Waals surface area contributed by atoms with Crippen LogP contribution in [0.25, 0.3) is 5.69 Å². The van der Waals surface area contributed by atoms with E-state index in [4.69, 9.17) is 16.0 Å². The smallest absolute Gasteiger partial charge is 0.173 e. The normalized spacial score (nSPS) is 11.8. The summed E-state index contributed by atoms with van der Waals surface area (Å²) in [4.78, 5) is 0. The van der Waals surface area contributed by atoms with E-state index in [0.717, 1.165) is 6.07 Å². The lowest BCUT2D eigenvalue weighted by molar-refractivity contribution is 0.318. The standard InChI is InChI=1S/C11H11FN4O2/c1-6-8(11(13)15-18)5-16(14-6)10-3-2-7(17)4-9(10)12/h2-5,17-18H,1H3,(H2,13,15). The lowest BCUT2D eigenvalue weighted by atomic mass is 10.2. The highest BCUT2D eigenvalue weighted by Gasteiger charge is 2.12. The average molecular weight is 250 g/mol. The van der Waals surface area contributed by atoms with Crippen LogP contribution >= 0.6 is 0 Å². The summed E-state index contributed by atoms with van der Waals surface area (Å²) in [5.74, 6) is -0.890. The Balaban J connectivity index is 2.52. The van der Waals surface area contributed by atoms with Crippen molar-refractivity contribution in [1.82, 2.24) is 9.78 Å². The summed E-state index contributed by atoms with van der Waals surface area (Å²) in [6, 6.07) is 3.71. The van der Waals surface area contributed by atoms with Crippen LogP contribution in [-0.4, -0.2) is 25.9 Å². The summed E-state index contributed by atoms with van der Waals surface area (Å²) in [6.07, 6.45) is 1.44. The molecule has 1 aromatic heterocycles. The maximum absolute atomic E-state index is 13.6. The SMILES string of the molecule is Cc1nn(-c2ccc(O)cc2F)cc1C(N)=NO. The van der Waals surface area contributed by atoms with Crippen LogP contribution in [0.5, 0.6) is 5.75 Å². The molecule has 0 saturated heterocycles. The Morgan fingerprint density at radius 1 is 1.50 bits per heavy atom. The van der Waals surface area contributed by atoms with Crippen molar-refractivity contribution >= 4 is 5.84 Å². The number of rotatable bonds is 2. The number of phenols is 1. The van der Waals surface area contributed by atoms with E-state index in [1.807, 2.05) is 0 Å². The maximum atomic E-state index is 13.6. The van der Waals surface area contributed by atoms with E-state index in [1.54, 1.807) is 6.92 Å². The van der Waals surface area contributed by atoms with Gasteiger partial charge in [0.1, 0.15) is 11.4 Å². The van der Waals surface area contributed by atoms with Crippen LogP contribution in [-0.2, 0) is 0 Å². The van der Waals surface area contributed by atoms with E-state index in [1.165, 1.54) is 23.0 Å². The van der Waals surface area contributed by atoms with Crippen LogP contribution in [0, 0.1) is 12.7 Å². The molecular weight excluding hydrogens is 239 g/mol. The molecular formula is C11H11FN4O2. The minimum absolute atomic E-state index is 0.0991. The lowest BCUT2D eigenvalue weighted by Gasteiger charge is -2.02. The molecule has 0 atom stereocenters. The minimum atomic E-state index is -0.622. The molecule has 1 heterocycles. The highest BCUT2D eigenvalue weighted by molar-refractivity contribution is 5.97. The third-order valence-corrected chi connectivity index (χ3v) is 2.46. The van der Waals surface area contributed by atoms with Gasteiger partial charge in [-0.05, 0) is 19.1 Å². The Morgan fingerprint density at radius 3 is 2.83 bits per heavy atom. The Morgan fingerprint density at radius 2 is 2.22 bits per heavy atom. The number of phenolic OH excluding ortho intramolecular Hbond substituents is 1. The van der Waals surface area contributed by atoms with E-state index < -0.39 is 5.82 Å². The monoisotopic (exact) mass is 250 g/mol. The number of aromatic nitrogens is 2. The van der Waals surface area contributed by atoms with Crippen molar-refractivity contribution in [2.75, 3.05) is 0 Å². The molecule has 0 aliphatic heterocycles. The number of hydrogen-bond acceptors (Lipinski definition) is 4. The van der Waals surface area contributed by atoms with Crippen LogP contribution in [0.4, 0.5) is 4.39 Å². The molecule has 6 nitrogen and oxygen atoms in total. The van der Waals surface area contributed by atoms with Gasteiger partial charge >= 0.3 is 0 Å². The zero-order chi connectivity index (χ0) is 13.3. The molecule has 2 aromatic rings. The zero-order valence-electron chi connectivity index (χ0n) is 9.50. The highest BCUT2D eigenvalue weighted by atomic mass is 19.1. The third-order valence-electron chi connectivity index (χ3n) is 2.46. The highest BCUT2D eigenvalue weighted by Crippen LogP contribution is 2.19. The number of nitrogens with two attached hydrogens (primary N) is 1. The minimum Gasteiger partial charge on any atom is -0.508 e. The molecule has 0 aliphatic carbocycles. The Labute approximate surface area is 102 Å². The van der Waals surface area contributed by atoms with E-state index in [2.05, 4.69) is 10.3 Å². The van der Waals surface area contributed by atoms with Crippen molar-refractivity contribution < 1.29 is 14.7 Å². The molecule has 0 bridgehead atoms. The number of oxime groups is 1. The van der Waals surface area contributed by atoms with Gasteiger partial charge in [0.15, 0.2) is 11.7 Å². The predicted octanol–water partition coefficient (Wildman–Crippen LogP) is 1.12. The first-order valence-electron chi connectivity index (χ1n) is 5.06. The third kappa shape index (κ3) is 1.97. The van der Waals surface area contributed by atoms with Crippen molar-refractivity contribution in [3.63, 3.8) is 0 Å². The van der Waals surface area contributed by atoms with E-state index >= 15 is 0 Å². The first-order chi connectivity index (χ1) is 8.52. The number of aryl methyl sites for hydroxylation is 1. The molecule has 0 unspecified atom stereocenters. The number of aromatic hydroxyl groups is 1. The quantitative estimate of drug-likeness (QED) is 0.322. The number of benzene rings is 1. The summed E-state index contributed by atoms with van der Waals surface area (Å²) < 4.78 is 14.9.